The summed E-state index contributed by atoms with van der Waals surface area (Å²) in [6, 6.07) is 9.96. The molecule has 0 unspecified atom stereocenters. The van der Waals surface area contributed by atoms with Crippen LogP contribution in [0.3, 0.4) is 0 Å². The van der Waals surface area contributed by atoms with E-state index in [0.717, 1.165) is 24.2 Å². The second-order valence-electron chi connectivity index (χ2n) is 4.63. The highest BCUT2D eigenvalue weighted by Gasteiger charge is 2.08. The Morgan fingerprint density at radius 1 is 1.30 bits per heavy atom. The van der Waals surface area contributed by atoms with Crippen molar-refractivity contribution in [1.82, 2.24) is 9.55 Å². The molecule has 0 radical (unpaired) electrons. The average molecular weight is 272 g/mol. The standard InChI is InChI=1S/C16H20N2O2/c1-2-3-13-20-15(19)9-11-18-12-10-17-16(18)14-7-5-4-6-8-14/h4-8,10,12H,2-3,9,11,13H2,1H3. The van der Waals surface area contributed by atoms with Gasteiger partial charge in [0.1, 0.15) is 5.82 Å². The third-order valence-electron chi connectivity index (χ3n) is 3.07. The van der Waals surface area contributed by atoms with Crippen molar-refractivity contribution < 1.29 is 9.53 Å². The molecule has 4 nitrogen and oxygen atoms in total. The van der Waals surface area contributed by atoms with E-state index < -0.39 is 0 Å². The molecule has 0 fully saturated rings. The number of carbonyl (C=O) groups is 1. The van der Waals surface area contributed by atoms with Gasteiger partial charge in [-0.15, -0.1) is 0 Å². The fourth-order valence-electron chi connectivity index (χ4n) is 1.95. The van der Waals surface area contributed by atoms with Crippen LogP contribution in [0.1, 0.15) is 26.2 Å². The molecule has 1 aromatic heterocycles. The van der Waals surface area contributed by atoms with E-state index in [2.05, 4.69) is 11.9 Å². The van der Waals surface area contributed by atoms with Crippen molar-refractivity contribution in [3.63, 3.8) is 0 Å². The highest BCUT2D eigenvalue weighted by molar-refractivity contribution is 5.69. The van der Waals surface area contributed by atoms with E-state index in [4.69, 9.17) is 4.74 Å². The summed E-state index contributed by atoms with van der Waals surface area (Å²) in [4.78, 5) is 16.0. The molecule has 20 heavy (non-hydrogen) atoms. The number of imidazole rings is 1. The van der Waals surface area contributed by atoms with Crippen molar-refractivity contribution in [3.05, 3.63) is 42.7 Å². The molecule has 0 aliphatic rings. The van der Waals surface area contributed by atoms with Gasteiger partial charge in [-0.3, -0.25) is 4.79 Å². The van der Waals surface area contributed by atoms with E-state index in [9.17, 15) is 4.79 Å². The molecule has 4 heteroatoms. The summed E-state index contributed by atoms with van der Waals surface area (Å²) < 4.78 is 7.14. The summed E-state index contributed by atoms with van der Waals surface area (Å²) in [6.07, 6.45) is 5.98. The van der Waals surface area contributed by atoms with Crippen molar-refractivity contribution in [2.24, 2.45) is 0 Å². The Hall–Kier alpha value is -2.10. The van der Waals surface area contributed by atoms with E-state index in [-0.39, 0.29) is 5.97 Å². The lowest BCUT2D eigenvalue weighted by molar-refractivity contribution is -0.144. The summed E-state index contributed by atoms with van der Waals surface area (Å²) in [5.74, 6) is 0.734. The Morgan fingerprint density at radius 3 is 2.85 bits per heavy atom. The van der Waals surface area contributed by atoms with Crippen LogP contribution in [0, 0.1) is 0 Å². The molecule has 0 amide bonds. The van der Waals surface area contributed by atoms with Gasteiger partial charge in [0.25, 0.3) is 0 Å². The minimum atomic E-state index is -0.147. The first-order chi connectivity index (χ1) is 9.81. The summed E-state index contributed by atoms with van der Waals surface area (Å²) in [5.41, 5.74) is 1.05. The van der Waals surface area contributed by atoms with Gasteiger partial charge < -0.3 is 9.30 Å². The van der Waals surface area contributed by atoms with Gasteiger partial charge in [-0.2, -0.15) is 0 Å². The maximum Gasteiger partial charge on any atom is 0.307 e. The molecular weight excluding hydrogens is 252 g/mol. The summed E-state index contributed by atoms with van der Waals surface area (Å²) in [5, 5.41) is 0. The number of ether oxygens (including phenoxy) is 1. The van der Waals surface area contributed by atoms with Crippen molar-refractivity contribution >= 4 is 5.97 Å². The molecule has 0 aliphatic carbocycles. The summed E-state index contributed by atoms with van der Waals surface area (Å²) >= 11 is 0. The SMILES string of the molecule is CCCCOC(=O)CCn1ccnc1-c1ccccc1. The number of aryl methyl sites for hydroxylation is 1. The highest BCUT2D eigenvalue weighted by Crippen LogP contribution is 2.17. The number of benzene rings is 1. The van der Waals surface area contributed by atoms with Crippen LogP contribution in [-0.4, -0.2) is 22.1 Å². The first-order valence-corrected chi connectivity index (χ1v) is 7.03. The zero-order valence-corrected chi connectivity index (χ0v) is 11.8. The van der Waals surface area contributed by atoms with Crippen LogP contribution < -0.4 is 0 Å². The van der Waals surface area contributed by atoms with E-state index in [1.54, 1.807) is 6.20 Å². The van der Waals surface area contributed by atoms with Crippen LogP contribution in [0.2, 0.25) is 0 Å². The molecule has 1 aromatic carbocycles. The molecule has 0 N–H and O–H groups in total. The lowest BCUT2D eigenvalue weighted by Crippen LogP contribution is -2.10. The Bertz CT molecular complexity index is 534. The van der Waals surface area contributed by atoms with E-state index in [1.165, 1.54) is 0 Å². The largest absolute Gasteiger partial charge is 0.466 e. The third-order valence-corrected chi connectivity index (χ3v) is 3.07. The number of rotatable bonds is 7. The summed E-state index contributed by atoms with van der Waals surface area (Å²) in [7, 11) is 0. The highest BCUT2D eigenvalue weighted by atomic mass is 16.5. The monoisotopic (exact) mass is 272 g/mol. The molecule has 1 heterocycles. The van der Waals surface area contributed by atoms with Gasteiger partial charge in [0, 0.05) is 24.5 Å². The number of unbranched alkanes of at least 4 members (excludes halogenated alkanes) is 1. The topological polar surface area (TPSA) is 44.1 Å². The van der Waals surface area contributed by atoms with Gasteiger partial charge in [-0.1, -0.05) is 43.7 Å². The van der Waals surface area contributed by atoms with Crippen LogP contribution in [0.15, 0.2) is 42.7 Å². The van der Waals surface area contributed by atoms with Gasteiger partial charge in [-0.25, -0.2) is 4.98 Å². The fraction of sp³-hybridized carbons (Fsp3) is 0.375. The molecule has 0 bridgehead atoms. The van der Waals surface area contributed by atoms with E-state index >= 15 is 0 Å². The Kier molecular flexibility index (Phi) is 5.35. The number of aromatic nitrogens is 2. The average Bonchev–Trinajstić information content (AvgIpc) is 2.95. The van der Waals surface area contributed by atoms with Crippen LogP contribution >= 0.6 is 0 Å². The van der Waals surface area contributed by atoms with Gasteiger partial charge in [0.15, 0.2) is 0 Å². The number of hydrogen-bond acceptors (Lipinski definition) is 3. The maximum absolute atomic E-state index is 11.6. The molecule has 106 valence electrons. The molecule has 0 aliphatic heterocycles. The first-order valence-electron chi connectivity index (χ1n) is 7.03. The zero-order chi connectivity index (χ0) is 14.2. The lowest BCUT2D eigenvalue weighted by atomic mass is 10.2. The van der Waals surface area contributed by atoms with Crippen LogP contribution in [0.4, 0.5) is 0 Å². The number of carbonyl (C=O) groups excluding carboxylic acids is 1. The molecule has 0 saturated carbocycles. The number of hydrogen-bond donors (Lipinski definition) is 0. The van der Waals surface area contributed by atoms with Crippen molar-refractivity contribution in [3.8, 4) is 11.4 Å². The third kappa shape index (κ3) is 3.95. The van der Waals surface area contributed by atoms with Crippen molar-refractivity contribution in [2.45, 2.75) is 32.7 Å². The van der Waals surface area contributed by atoms with Crippen molar-refractivity contribution in [2.75, 3.05) is 6.61 Å². The number of nitrogens with zero attached hydrogens (tertiary/aromatic N) is 2. The van der Waals surface area contributed by atoms with Gasteiger partial charge >= 0.3 is 5.97 Å². The molecular formula is C16H20N2O2. The van der Waals surface area contributed by atoms with Gasteiger partial charge in [0.2, 0.25) is 0 Å². The minimum absolute atomic E-state index is 0.147. The quantitative estimate of drug-likeness (QED) is 0.574. The fourth-order valence-corrected chi connectivity index (χ4v) is 1.95. The van der Waals surface area contributed by atoms with Crippen LogP contribution in [0.25, 0.3) is 11.4 Å². The van der Waals surface area contributed by atoms with Gasteiger partial charge in [-0.05, 0) is 6.42 Å². The second kappa shape index (κ2) is 7.48. The Morgan fingerprint density at radius 2 is 2.10 bits per heavy atom. The molecule has 0 spiro atoms. The normalized spacial score (nSPS) is 10.4. The summed E-state index contributed by atoms with van der Waals surface area (Å²) in [6.45, 7) is 3.19. The van der Waals surface area contributed by atoms with Crippen molar-refractivity contribution in [1.29, 1.82) is 0 Å². The van der Waals surface area contributed by atoms with Crippen LogP contribution in [0.5, 0.6) is 0 Å². The van der Waals surface area contributed by atoms with Crippen LogP contribution in [-0.2, 0) is 16.1 Å². The molecule has 2 aromatic rings. The van der Waals surface area contributed by atoms with E-state index in [1.807, 2.05) is 41.1 Å². The first kappa shape index (κ1) is 14.3. The molecule has 0 saturated heterocycles. The molecule has 0 atom stereocenters. The number of esters is 1. The predicted octanol–water partition coefficient (Wildman–Crippen LogP) is 3.28. The minimum Gasteiger partial charge on any atom is -0.466 e. The molecule has 2 rings (SSSR count). The Labute approximate surface area is 119 Å². The zero-order valence-electron chi connectivity index (χ0n) is 11.8. The predicted molar refractivity (Wildman–Crippen MR) is 78.1 cm³/mol. The van der Waals surface area contributed by atoms with Gasteiger partial charge in [0.05, 0.1) is 13.0 Å². The Balaban J connectivity index is 1.91. The maximum atomic E-state index is 11.6. The smallest absolute Gasteiger partial charge is 0.307 e. The lowest BCUT2D eigenvalue weighted by Gasteiger charge is -2.08. The second-order valence-corrected chi connectivity index (χ2v) is 4.63. The van der Waals surface area contributed by atoms with E-state index in [0.29, 0.717) is 19.6 Å².